The van der Waals surface area contributed by atoms with Gasteiger partial charge in [0.15, 0.2) is 5.82 Å². The van der Waals surface area contributed by atoms with Crippen molar-refractivity contribution in [2.24, 2.45) is 0 Å². The van der Waals surface area contributed by atoms with E-state index in [0.29, 0.717) is 12.4 Å². The fourth-order valence-corrected chi connectivity index (χ4v) is 1.29. The van der Waals surface area contributed by atoms with Crippen molar-refractivity contribution in [1.82, 2.24) is 15.3 Å². The minimum atomic E-state index is -0.0767. The number of aromatic amines is 1. The first-order valence-corrected chi connectivity index (χ1v) is 3.89. The molecule has 0 spiro atoms. The summed E-state index contributed by atoms with van der Waals surface area (Å²) in [7, 11) is 0. The summed E-state index contributed by atoms with van der Waals surface area (Å²) in [4.78, 5) is 20.1. The van der Waals surface area contributed by atoms with Gasteiger partial charge < -0.3 is 15.2 Å². The topological polar surface area (TPSA) is 61.0 Å². The van der Waals surface area contributed by atoms with Crippen LogP contribution in [-0.4, -0.2) is 29.1 Å². The Morgan fingerprint density at radius 3 is 3.33 bits per heavy atom. The number of anilines is 1. The average molecular weight is 166 g/mol. The smallest absolute Gasteiger partial charge is 0.272 e. The Labute approximate surface area is 69.8 Å². The van der Waals surface area contributed by atoms with Crippen LogP contribution in [-0.2, 0) is 0 Å². The van der Waals surface area contributed by atoms with E-state index in [4.69, 9.17) is 0 Å². The quantitative estimate of drug-likeness (QED) is 0.614. The molecule has 2 rings (SSSR count). The van der Waals surface area contributed by atoms with Crippen molar-refractivity contribution in [3.05, 3.63) is 12.0 Å². The van der Waals surface area contributed by atoms with Gasteiger partial charge in [-0.15, -0.1) is 0 Å². The van der Waals surface area contributed by atoms with Crippen LogP contribution >= 0.6 is 0 Å². The van der Waals surface area contributed by atoms with E-state index in [-0.39, 0.29) is 5.91 Å². The lowest BCUT2D eigenvalue weighted by Gasteiger charge is -2.25. The molecule has 2 N–H and O–H groups in total. The maximum atomic E-state index is 11.2. The lowest BCUT2D eigenvalue weighted by molar-refractivity contribution is 0.0943. The number of fused-ring (bicyclic) bond motifs is 1. The predicted molar refractivity (Wildman–Crippen MR) is 43.9 cm³/mol. The van der Waals surface area contributed by atoms with Crippen molar-refractivity contribution < 1.29 is 4.79 Å². The molecule has 0 unspecified atom stereocenters. The molecule has 1 aliphatic heterocycles. The molecular weight excluding hydrogens is 156 g/mol. The number of carbonyl (C=O) groups excluding carboxylic acids is 1. The van der Waals surface area contributed by atoms with Crippen LogP contribution in [0.5, 0.6) is 0 Å². The summed E-state index contributed by atoms with van der Waals surface area (Å²) in [6, 6.07) is 0. The number of rotatable bonds is 1. The number of hydrogen-bond acceptors (Lipinski definition) is 3. The van der Waals surface area contributed by atoms with Gasteiger partial charge in [-0.3, -0.25) is 4.79 Å². The number of amides is 1. The van der Waals surface area contributed by atoms with Gasteiger partial charge >= 0.3 is 0 Å². The van der Waals surface area contributed by atoms with Gasteiger partial charge in [-0.2, -0.15) is 0 Å². The maximum Gasteiger partial charge on any atom is 0.272 e. The first-order valence-electron chi connectivity index (χ1n) is 3.89. The molecule has 64 valence electrons. The van der Waals surface area contributed by atoms with E-state index < -0.39 is 0 Å². The van der Waals surface area contributed by atoms with Crippen LogP contribution < -0.4 is 10.2 Å². The van der Waals surface area contributed by atoms with Crippen molar-refractivity contribution in [3.8, 4) is 0 Å². The molecule has 5 nitrogen and oxygen atoms in total. The Morgan fingerprint density at radius 1 is 1.75 bits per heavy atom. The van der Waals surface area contributed by atoms with Crippen LogP contribution in [0.1, 0.15) is 17.4 Å². The Hall–Kier alpha value is -1.52. The van der Waals surface area contributed by atoms with E-state index in [2.05, 4.69) is 15.3 Å². The maximum absolute atomic E-state index is 11.2. The summed E-state index contributed by atoms with van der Waals surface area (Å²) < 4.78 is 0. The molecule has 1 aromatic rings. The molecule has 0 bridgehead atoms. The van der Waals surface area contributed by atoms with Crippen molar-refractivity contribution >= 4 is 11.7 Å². The van der Waals surface area contributed by atoms with Gasteiger partial charge in [-0.1, -0.05) is 0 Å². The first-order chi connectivity index (χ1) is 5.83. The van der Waals surface area contributed by atoms with Crippen molar-refractivity contribution in [2.45, 2.75) is 6.92 Å². The van der Waals surface area contributed by atoms with Crippen LogP contribution in [0, 0.1) is 0 Å². The molecule has 0 aliphatic carbocycles. The number of imidazole rings is 1. The number of hydrogen-bond donors (Lipinski definition) is 2. The molecule has 0 radical (unpaired) electrons. The Morgan fingerprint density at radius 2 is 2.58 bits per heavy atom. The van der Waals surface area contributed by atoms with Crippen LogP contribution in [0.15, 0.2) is 6.33 Å². The summed E-state index contributed by atoms with van der Waals surface area (Å²) in [5, 5.41) is 2.74. The van der Waals surface area contributed by atoms with Crippen LogP contribution in [0.3, 0.4) is 0 Å². The largest absolute Gasteiger partial charge is 0.339 e. The molecule has 0 saturated heterocycles. The van der Waals surface area contributed by atoms with E-state index in [1.807, 2.05) is 11.8 Å². The summed E-state index contributed by atoms with van der Waals surface area (Å²) in [6.07, 6.45) is 1.54. The molecule has 0 saturated carbocycles. The number of H-pyrrole nitrogens is 1. The van der Waals surface area contributed by atoms with Crippen LogP contribution in [0.25, 0.3) is 0 Å². The van der Waals surface area contributed by atoms with Gasteiger partial charge in [-0.05, 0) is 6.92 Å². The Balaban J connectivity index is 2.42. The number of nitrogens with one attached hydrogen (secondary N) is 2. The molecule has 1 aliphatic rings. The van der Waals surface area contributed by atoms with E-state index >= 15 is 0 Å². The van der Waals surface area contributed by atoms with Gasteiger partial charge in [0.2, 0.25) is 0 Å². The summed E-state index contributed by atoms with van der Waals surface area (Å²) >= 11 is 0. The van der Waals surface area contributed by atoms with E-state index in [0.717, 1.165) is 12.4 Å². The molecule has 0 fully saturated rings. The van der Waals surface area contributed by atoms with Gasteiger partial charge in [-0.25, -0.2) is 4.98 Å². The standard InChI is InChI=1S/C7H10N4O/c1-2-11-4-10-7(12)5-6(11)9-3-8-5/h3H,2,4H2,1H3,(H,8,9)(H,10,12). The predicted octanol–water partition coefficient (Wildman–Crippen LogP) is -0.0631. The molecule has 1 amide bonds. The van der Waals surface area contributed by atoms with Gasteiger partial charge in [0.05, 0.1) is 13.0 Å². The second-order valence-corrected chi connectivity index (χ2v) is 2.62. The highest BCUT2D eigenvalue weighted by atomic mass is 16.2. The normalized spacial score (nSPS) is 15.8. The summed E-state index contributed by atoms with van der Waals surface area (Å²) in [5.41, 5.74) is 0.558. The van der Waals surface area contributed by atoms with E-state index in [9.17, 15) is 4.79 Å². The molecule has 0 atom stereocenters. The Bertz CT molecular complexity index is 306. The van der Waals surface area contributed by atoms with E-state index in [1.165, 1.54) is 6.33 Å². The third kappa shape index (κ3) is 0.861. The number of nitrogens with zero attached hydrogens (tertiary/aromatic N) is 2. The zero-order chi connectivity index (χ0) is 8.55. The van der Waals surface area contributed by atoms with Crippen LogP contribution in [0.4, 0.5) is 5.82 Å². The van der Waals surface area contributed by atoms with E-state index in [1.54, 1.807) is 0 Å². The minimum Gasteiger partial charge on any atom is -0.339 e. The fraction of sp³-hybridized carbons (Fsp3) is 0.429. The zero-order valence-corrected chi connectivity index (χ0v) is 6.79. The molecule has 12 heavy (non-hydrogen) atoms. The monoisotopic (exact) mass is 166 g/mol. The summed E-state index contributed by atoms with van der Waals surface area (Å²) in [6.45, 7) is 3.42. The number of aromatic nitrogens is 2. The Kier molecular flexibility index (Phi) is 1.49. The van der Waals surface area contributed by atoms with Gasteiger partial charge in [0, 0.05) is 6.54 Å². The fourth-order valence-electron chi connectivity index (χ4n) is 1.29. The van der Waals surface area contributed by atoms with Crippen molar-refractivity contribution in [1.29, 1.82) is 0 Å². The molecule has 2 heterocycles. The lowest BCUT2D eigenvalue weighted by Crippen LogP contribution is -2.43. The highest BCUT2D eigenvalue weighted by Gasteiger charge is 2.23. The average Bonchev–Trinajstić information content (AvgIpc) is 2.54. The minimum absolute atomic E-state index is 0.0767. The molecule has 1 aromatic heterocycles. The van der Waals surface area contributed by atoms with Gasteiger partial charge in [0.1, 0.15) is 5.69 Å². The second-order valence-electron chi connectivity index (χ2n) is 2.62. The highest BCUT2D eigenvalue weighted by Crippen LogP contribution is 2.17. The van der Waals surface area contributed by atoms with Crippen LogP contribution in [0.2, 0.25) is 0 Å². The second kappa shape index (κ2) is 2.51. The third-order valence-electron chi connectivity index (χ3n) is 1.96. The van der Waals surface area contributed by atoms with Gasteiger partial charge in [0.25, 0.3) is 5.91 Å². The SMILES string of the molecule is CCN1CNC(=O)c2[nH]cnc21. The zero-order valence-electron chi connectivity index (χ0n) is 6.79. The van der Waals surface area contributed by atoms with Crippen molar-refractivity contribution in [3.63, 3.8) is 0 Å². The highest BCUT2D eigenvalue weighted by molar-refractivity contribution is 5.98. The molecule has 5 heteroatoms. The molecule has 0 aromatic carbocycles. The number of carbonyl (C=O) groups is 1. The molecular formula is C7H10N4O. The first kappa shape index (κ1) is 7.15. The third-order valence-corrected chi connectivity index (χ3v) is 1.96. The van der Waals surface area contributed by atoms with Crippen molar-refractivity contribution in [2.75, 3.05) is 18.1 Å². The lowest BCUT2D eigenvalue weighted by atomic mass is 10.3. The summed E-state index contributed by atoms with van der Waals surface area (Å²) in [5.74, 6) is 0.674.